The third-order valence-corrected chi connectivity index (χ3v) is 2.96. The molecule has 0 atom stereocenters. The molecule has 0 unspecified atom stereocenters. The van der Waals surface area contributed by atoms with Crippen LogP contribution < -0.4 is 47.9 Å². The van der Waals surface area contributed by atoms with E-state index in [1.165, 1.54) is 0 Å². The standard InChI is InChI=1S/C12H22N6.2ClHO4.Cu/c13-11-17-7-1-3-15-5-6-16-4-2-8-18(12-14)10-9-17;2*2-1(3,4)5;/h15-16H,1-10H2;2*(H,2,3,4,5);/q;;;+2/p-2. The summed E-state index contributed by atoms with van der Waals surface area (Å²) in [7, 11) is -9.89. The molecule has 1 aliphatic heterocycles. The molecule has 1 aliphatic rings. The third-order valence-electron chi connectivity index (χ3n) is 2.96. The predicted octanol–water partition coefficient (Wildman–Crippen LogP) is -9.99. The van der Waals surface area contributed by atoms with Crippen molar-refractivity contribution in [3.05, 3.63) is 0 Å². The van der Waals surface area contributed by atoms with E-state index in [1.807, 2.05) is 0 Å². The number of halogens is 2. The van der Waals surface area contributed by atoms with Crippen LogP contribution in [0.15, 0.2) is 0 Å². The molecule has 1 heterocycles. The minimum absolute atomic E-state index is 0. The van der Waals surface area contributed by atoms with Crippen LogP contribution in [0.25, 0.3) is 0 Å². The minimum atomic E-state index is -4.94. The van der Waals surface area contributed by atoms with E-state index in [0.29, 0.717) is 13.1 Å². The summed E-state index contributed by atoms with van der Waals surface area (Å²) in [5.41, 5.74) is 0. The predicted molar refractivity (Wildman–Crippen MR) is 69.3 cm³/mol. The van der Waals surface area contributed by atoms with E-state index in [2.05, 4.69) is 23.0 Å². The summed E-state index contributed by atoms with van der Waals surface area (Å²) in [6.45, 7) is 6.56. The van der Waals surface area contributed by atoms with Gasteiger partial charge in [-0.25, -0.2) is 37.3 Å². The van der Waals surface area contributed by atoms with Crippen LogP contribution in [0.3, 0.4) is 0 Å². The molecule has 1 radical (unpaired) electrons. The molecule has 0 bridgehead atoms. The molecule has 17 heteroatoms. The number of nitrogens with zero attached hydrogens (tertiary/aromatic N) is 4. The number of hydrogen-bond acceptors (Lipinski definition) is 14. The van der Waals surface area contributed by atoms with Crippen molar-refractivity contribution in [2.45, 2.75) is 12.8 Å². The van der Waals surface area contributed by atoms with Crippen LogP contribution >= 0.6 is 0 Å². The van der Waals surface area contributed by atoms with Gasteiger partial charge in [0.25, 0.3) is 0 Å². The Balaban J connectivity index is -0.000000512. The van der Waals surface area contributed by atoms with Crippen molar-refractivity contribution in [3.8, 4) is 12.4 Å². The molecule has 0 spiro atoms. The zero-order chi connectivity index (χ0) is 22.1. The van der Waals surface area contributed by atoms with Gasteiger partial charge in [0, 0.05) is 39.3 Å². The van der Waals surface area contributed by atoms with E-state index in [-0.39, 0.29) is 17.1 Å². The smallest absolute Gasteiger partial charge is 0.315 e. The summed E-state index contributed by atoms with van der Waals surface area (Å²) < 4.78 is 67.9. The fourth-order valence-corrected chi connectivity index (χ4v) is 1.88. The maximum absolute atomic E-state index is 9.00. The largest absolute Gasteiger partial charge is 2.00 e. The van der Waals surface area contributed by atoms with E-state index in [1.54, 1.807) is 9.80 Å². The van der Waals surface area contributed by atoms with Gasteiger partial charge in [0.15, 0.2) is 12.4 Å². The molecule has 29 heavy (non-hydrogen) atoms. The second-order valence-electron chi connectivity index (χ2n) is 5.14. The van der Waals surface area contributed by atoms with Crippen molar-refractivity contribution >= 4 is 0 Å². The second-order valence-corrected chi connectivity index (χ2v) is 6.65. The maximum atomic E-state index is 9.00. The first-order valence-electron chi connectivity index (χ1n) is 7.81. The Morgan fingerprint density at radius 3 is 1.10 bits per heavy atom. The first-order chi connectivity index (χ1) is 12.9. The molecule has 0 saturated carbocycles. The van der Waals surface area contributed by atoms with Crippen molar-refractivity contribution < 1.29 is 74.8 Å². The Labute approximate surface area is 183 Å². The van der Waals surface area contributed by atoms with Gasteiger partial charge < -0.3 is 20.4 Å². The van der Waals surface area contributed by atoms with Crippen LogP contribution in [0.2, 0.25) is 0 Å². The van der Waals surface area contributed by atoms with E-state index < -0.39 is 20.5 Å². The summed E-state index contributed by atoms with van der Waals surface area (Å²) in [5, 5.41) is 24.7. The zero-order valence-corrected chi connectivity index (χ0v) is 17.6. The average molecular weight is 513 g/mol. The SMILES string of the molecule is N#CN1CCCNCCNCCCN(C#N)CC1.[Cu+2].[O-][Cl+3]([O-])([O-])[O-].[O-][Cl+3]([O-])([O-])[O-]. The van der Waals surface area contributed by atoms with Gasteiger partial charge in [0.1, 0.15) is 0 Å². The van der Waals surface area contributed by atoms with Crippen LogP contribution in [0, 0.1) is 43.4 Å². The Hall–Kier alpha value is -0.721. The topological polar surface area (TPSA) is 263 Å². The van der Waals surface area contributed by atoms with Crippen LogP contribution in [0.1, 0.15) is 12.8 Å². The Morgan fingerprint density at radius 1 is 0.586 bits per heavy atom. The van der Waals surface area contributed by atoms with Gasteiger partial charge in [-0.1, -0.05) is 0 Å². The van der Waals surface area contributed by atoms with Crippen LogP contribution in [-0.4, -0.2) is 62.2 Å². The van der Waals surface area contributed by atoms with Gasteiger partial charge in [-0.15, -0.1) is 20.5 Å². The van der Waals surface area contributed by atoms with Gasteiger partial charge in [-0.05, 0) is 25.9 Å². The minimum Gasteiger partial charge on any atom is -0.315 e. The molecule has 0 aromatic heterocycles. The summed E-state index contributed by atoms with van der Waals surface area (Å²) >= 11 is 0. The van der Waals surface area contributed by atoms with Crippen molar-refractivity contribution in [1.82, 2.24) is 20.4 Å². The van der Waals surface area contributed by atoms with Crippen molar-refractivity contribution in [2.24, 2.45) is 0 Å². The van der Waals surface area contributed by atoms with Gasteiger partial charge in [-0.3, -0.25) is 0 Å². The van der Waals surface area contributed by atoms with Crippen LogP contribution in [0.4, 0.5) is 0 Å². The molecule has 1 rings (SSSR count). The first kappa shape index (κ1) is 32.9. The maximum Gasteiger partial charge on any atom is 2.00 e. The van der Waals surface area contributed by atoms with Gasteiger partial charge in [-0.2, -0.15) is 10.5 Å². The molecule has 0 aliphatic carbocycles. The van der Waals surface area contributed by atoms with Crippen molar-refractivity contribution in [2.75, 3.05) is 52.4 Å². The fourth-order valence-electron chi connectivity index (χ4n) is 1.88. The summed E-state index contributed by atoms with van der Waals surface area (Å²) in [4.78, 5) is 3.46. The first-order valence-corrected chi connectivity index (χ1v) is 10.3. The van der Waals surface area contributed by atoms with Crippen LogP contribution in [0.5, 0.6) is 0 Å². The number of rotatable bonds is 0. The van der Waals surface area contributed by atoms with Gasteiger partial charge in [0.2, 0.25) is 0 Å². The van der Waals surface area contributed by atoms with E-state index >= 15 is 0 Å². The fraction of sp³-hybridized carbons (Fsp3) is 0.833. The Kier molecular flexibility index (Phi) is 21.9. The van der Waals surface area contributed by atoms with Crippen molar-refractivity contribution in [3.63, 3.8) is 0 Å². The van der Waals surface area contributed by atoms with Gasteiger partial charge >= 0.3 is 17.1 Å². The second kappa shape index (κ2) is 19.3. The van der Waals surface area contributed by atoms with E-state index in [4.69, 9.17) is 47.8 Å². The zero-order valence-electron chi connectivity index (χ0n) is 15.2. The van der Waals surface area contributed by atoms with Crippen LogP contribution in [-0.2, 0) is 17.1 Å². The molecule has 173 valence electrons. The molecule has 0 amide bonds. The van der Waals surface area contributed by atoms with Gasteiger partial charge in [0.05, 0.1) is 0 Å². The molecule has 0 aromatic carbocycles. The summed E-state index contributed by atoms with van der Waals surface area (Å²) in [6, 6.07) is 0. The molecule has 1 saturated heterocycles. The Morgan fingerprint density at radius 2 is 0.862 bits per heavy atom. The molecule has 14 nitrogen and oxygen atoms in total. The van der Waals surface area contributed by atoms with Crippen molar-refractivity contribution in [1.29, 1.82) is 10.5 Å². The summed E-state index contributed by atoms with van der Waals surface area (Å²) in [5.74, 6) is 0. The number of nitriles is 2. The molecule has 0 aromatic rings. The molecular weight excluding hydrogens is 491 g/mol. The molecule has 2 N–H and O–H groups in total. The van der Waals surface area contributed by atoms with E-state index in [0.717, 1.165) is 52.1 Å². The Bertz CT molecular complexity index is 417. The van der Waals surface area contributed by atoms with E-state index in [9.17, 15) is 0 Å². The molecule has 1 fully saturated rings. The monoisotopic (exact) mass is 511 g/mol. The number of nitrogens with one attached hydrogen (secondary N) is 2. The quantitative estimate of drug-likeness (QED) is 0.225. The normalized spacial score (nSPS) is 16.9. The molecular formula is C12H22Cl2CuN6O8. The summed E-state index contributed by atoms with van der Waals surface area (Å²) in [6.07, 6.45) is 6.29. The third kappa shape index (κ3) is 38.5. The average Bonchev–Trinajstić information content (AvgIpc) is 2.53. The number of hydrogen-bond donors (Lipinski definition) is 2.